The zero-order chi connectivity index (χ0) is 21.6. The summed E-state index contributed by atoms with van der Waals surface area (Å²) in [6.45, 7) is 1.08. The number of halogens is 2. The van der Waals surface area contributed by atoms with Crippen molar-refractivity contribution in [3.05, 3.63) is 38.9 Å². The quantitative estimate of drug-likeness (QED) is 0.637. The van der Waals surface area contributed by atoms with Crippen molar-refractivity contribution < 1.29 is 19.1 Å². The zero-order valence-corrected chi connectivity index (χ0v) is 17.1. The summed E-state index contributed by atoms with van der Waals surface area (Å²) in [4.78, 5) is 37.7. The Labute approximate surface area is 176 Å². The van der Waals surface area contributed by atoms with E-state index in [1.165, 1.54) is 6.20 Å². The summed E-state index contributed by atoms with van der Waals surface area (Å²) in [5, 5.41) is 15.1. The van der Waals surface area contributed by atoms with Crippen LogP contribution < -0.4 is 21.0 Å². The van der Waals surface area contributed by atoms with Crippen LogP contribution in [0, 0.1) is 5.82 Å². The van der Waals surface area contributed by atoms with Crippen LogP contribution in [-0.2, 0) is 4.79 Å². The summed E-state index contributed by atoms with van der Waals surface area (Å²) in [6, 6.07) is 0.975. The Bertz CT molecular complexity index is 1100. The van der Waals surface area contributed by atoms with E-state index in [0.29, 0.717) is 25.0 Å². The number of carbonyl (C=O) groups excluding carboxylic acids is 1. The van der Waals surface area contributed by atoms with Gasteiger partial charge in [-0.15, -0.1) is 0 Å². The molecule has 30 heavy (non-hydrogen) atoms. The number of likely N-dealkylation sites (N-methyl/N-ethyl adjacent to an activating group) is 1. The third-order valence-corrected chi connectivity index (χ3v) is 5.92. The molecule has 2 aliphatic rings. The number of aromatic nitrogens is 1. The maximum absolute atomic E-state index is 15.1. The maximum Gasteiger partial charge on any atom is 0.341 e. The molecule has 2 aromatic rings. The van der Waals surface area contributed by atoms with Gasteiger partial charge in [0, 0.05) is 31.4 Å². The summed E-state index contributed by atoms with van der Waals surface area (Å²) in [7, 11) is 1.68. The molecule has 160 valence electrons. The van der Waals surface area contributed by atoms with Gasteiger partial charge >= 0.3 is 5.97 Å². The van der Waals surface area contributed by atoms with Gasteiger partial charge in [-0.2, -0.15) is 0 Å². The molecule has 1 aliphatic heterocycles. The minimum Gasteiger partial charge on any atom is -0.477 e. The first-order valence-electron chi connectivity index (χ1n) is 9.80. The molecule has 3 N–H and O–H groups in total. The van der Waals surface area contributed by atoms with E-state index < -0.39 is 22.8 Å². The Kier molecular flexibility index (Phi) is 5.42. The van der Waals surface area contributed by atoms with E-state index in [4.69, 9.17) is 11.6 Å². The van der Waals surface area contributed by atoms with Crippen molar-refractivity contribution in [2.24, 2.45) is 0 Å². The van der Waals surface area contributed by atoms with Crippen molar-refractivity contribution >= 4 is 40.1 Å². The monoisotopic (exact) mass is 436 g/mol. The van der Waals surface area contributed by atoms with Crippen LogP contribution in [0.4, 0.5) is 10.1 Å². The van der Waals surface area contributed by atoms with Crippen LogP contribution in [0.2, 0.25) is 5.02 Å². The minimum atomic E-state index is -1.35. The van der Waals surface area contributed by atoms with Crippen molar-refractivity contribution in [3.8, 4) is 0 Å². The number of nitrogens with zero attached hydrogens (tertiary/aromatic N) is 2. The minimum absolute atomic E-state index is 0.0360. The molecule has 1 saturated heterocycles. The molecule has 1 amide bonds. The highest BCUT2D eigenvalue weighted by Crippen LogP contribution is 2.42. The van der Waals surface area contributed by atoms with E-state index in [1.54, 1.807) is 16.5 Å². The van der Waals surface area contributed by atoms with Gasteiger partial charge in [0.25, 0.3) is 0 Å². The number of carbonyl (C=O) groups is 2. The molecule has 1 aliphatic carbocycles. The van der Waals surface area contributed by atoms with Crippen molar-refractivity contribution in [3.63, 3.8) is 0 Å². The first-order valence-corrected chi connectivity index (χ1v) is 10.2. The number of rotatable bonds is 6. The Morgan fingerprint density at radius 3 is 2.70 bits per heavy atom. The lowest BCUT2D eigenvalue weighted by Gasteiger charge is -2.23. The lowest BCUT2D eigenvalue weighted by Crippen LogP contribution is -2.41. The Morgan fingerprint density at radius 1 is 1.33 bits per heavy atom. The molecular formula is C20H22ClFN4O4. The number of hydrogen-bond acceptors (Lipinski definition) is 5. The average molecular weight is 437 g/mol. The number of nitrogens with one attached hydrogen (secondary N) is 2. The highest BCUT2D eigenvalue weighted by atomic mass is 35.5. The van der Waals surface area contributed by atoms with Gasteiger partial charge in [-0.25, -0.2) is 9.18 Å². The second-order valence-corrected chi connectivity index (χ2v) is 8.14. The Morgan fingerprint density at radius 2 is 2.07 bits per heavy atom. The van der Waals surface area contributed by atoms with Crippen molar-refractivity contribution in [2.75, 3.05) is 31.6 Å². The Balaban J connectivity index is 1.77. The molecule has 4 rings (SSSR count). The predicted octanol–water partition coefficient (Wildman–Crippen LogP) is 1.74. The van der Waals surface area contributed by atoms with Gasteiger partial charge in [0.1, 0.15) is 11.4 Å². The number of hydrogen-bond donors (Lipinski definition) is 3. The van der Waals surface area contributed by atoms with Crippen LogP contribution in [0.5, 0.6) is 0 Å². The van der Waals surface area contributed by atoms with E-state index in [0.717, 1.165) is 18.9 Å². The highest BCUT2D eigenvalue weighted by molar-refractivity contribution is 6.38. The van der Waals surface area contributed by atoms with E-state index in [-0.39, 0.29) is 40.6 Å². The van der Waals surface area contributed by atoms with Crippen molar-refractivity contribution in [1.29, 1.82) is 0 Å². The van der Waals surface area contributed by atoms with E-state index in [1.807, 2.05) is 0 Å². The fourth-order valence-corrected chi connectivity index (χ4v) is 4.44. The maximum atomic E-state index is 15.1. The molecule has 1 aromatic heterocycles. The fraction of sp³-hybridized carbons (Fsp3) is 0.450. The number of amides is 1. The number of carboxylic acid groups (broad SMARTS) is 1. The second-order valence-electron chi connectivity index (χ2n) is 7.76. The molecule has 0 radical (unpaired) electrons. The van der Waals surface area contributed by atoms with Crippen molar-refractivity contribution in [2.45, 2.75) is 31.3 Å². The number of carboxylic acids is 1. The molecule has 1 atom stereocenters. The molecule has 0 bridgehead atoms. The smallest absolute Gasteiger partial charge is 0.341 e. The van der Waals surface area contributed by atoms with Crippen LogP contribution in [0.3, 0.4) is 0 Å². The van der Waals surface area contributed by atoms with Gasteiger partial charge in [0.05, 0.1) is 28.2 Å². The number of benzene rings is 1. The molecule has 2 heterocycles. The van der Waals surface area contributed by atoms with Gasteiger partial charge in [0.15, 0.2) is 0 Å². The third-order valence-electron chi connectivity index (χ3n) is 5.56. The van der Waals surface area contributed by atoms with Gasteiger partial charge < -0.3 is 25.2 Å². The zero-order valence-electron chi connectivity index (χ0n) is 16.4. The van der Waals surface area contributed by atoms with Gasteiger partial charge in [-0.1, -0.05) is 11.6 Å². The molecule has 1 aromatic carbocycles. The fourth-order valence-electron chi connectivity index (χ4n) is 4.03. The molecule has 8 nitrogen and oxygen atoms in total. The molecule has 0 spiro atoms. The predicted molar refractivity (Wildman–Crippen MR) is 111 cm³/mol. The molecule has 10 heteroatoms. The van der Waals surface area contributed by atoms with E-state index >= 15 is 4.39 Å². The average Bonchev–Trinajstić information content (AvgIpc) is 3.43. The van der Waals surface area contributed by atoms with Crippen LogP contribution in [0.1, 0.15) is 35.7 Å². The third kappa shape index (κ3) is 3.63. The van der Waals surface area contributed by atoms with Gasteiger partial charge in [0.2, 0.25) is 11.3 Å². The molecule has 2 fully saturated rings. The number of aromatic carboxylic acids is 1. The molecule has 1 unspecified atom stereocenters. The summed E-state index contributed by atoms with van der Waals surface area (Å²) in [5.41, 5.74) is -0.619. The first kappa shape index (κ1) is 20.6. The van der Waals surface area contributed by atoms with E-state index in [9.17, 15) is 19.5 Å². The Hall–Kier alpha value is -2.65. The summed E-state index contributed by atoms with van der Waals surface area (Å²) in [5.74, 6) is -2.17. The molecular weight excluding hydrogens is 415 g/mol. The van der Waals surface area contributed by atoms with Gasteiger partial charge in [-0.3, -0.25) is 9.59 Å². The largest absolute Gasteiger partial charge is 0.477 e. The van der Waals surface area contributed by atoms with Crippen LogP contribution in [0.25, 0.3) is 10.9 Å². The first-order chi connectivity index (χ1) is 14.3. The summed E-state index contributed by atoms with van der Waals surface area (Å²) in [6.07, 6.45) is 3.62. The number of anilines is 1. The summed E-state index contributed by atoms with van der Waals surface area (Å²) >= 11 is 6.62. The molecule has 1 saturated carbocycles. The lowest BCUT2D eigenvalue weighted by molar-refractivity contribution is -0.120. The van der Waals surface area contributed by atoms with E-state index in [2.05, 4.69) is 10.6 Å². The standard InChI is InChI=1S/C20H22ClFN4O4/c1-23-7-15(27)24-10-4-5-25(8-10)18-14(22)6-12-17(16(18)21)26(11-2-3-11)9-13(19(12)28)20(29)30/h6,9-11,23H,2-5,7-8H2,1H3,(H,24,27)(H,29,30). The number of pyridine rings is 1. The SMILES string of the molecule is CNCC(=O)NC1CCN(c2c(F)cc3c(=O)c(C(=O)O)cn(C4CC4)c3c2Cl)C1. The van der Waals surface area contributed by atoms with Crippen LogP contribution >= 0.6 is 11.6 Å². The van der Waals surface area contributed by atoms with Gasteiger partial charge in [-0.05, 0) is 32.4 Å². The lowest BCUT2D eigenvalue weighted by atomic mass is 10.1. The highest BCUT2D eigenvalue weighted by Gasteiger charge is 2.32. The van der Waals surface area contributed by atoms with Crippen LogP contribution in [-0.4, -0.2) is 54.3 Å². The number of fused-ring (bicyclic) bond motifs is 1. The second kappa shape index (κ2) is 7.88. The summed E-state index contributed by atoms with van der Waals surface area (Å²) < 4.78 is 16.8. The van der Waals surface area contributed by atoms with Crippen molar-refractivity contribution in [1.82, 2.24) is 15.2 Å². The topological polar surface area (TPSA) is 104 Å². The normalized spacial score (nSPS) is 18.8. The van der Waals surface area contributed by atoms with Crippen LogP contribution in [0.15, 0.2) is 17.1 Å².